The fourth-order valence-corrected chi connectivity index (χ4v) is 12.5. The van der Waals surface area contributed by atoms with Crippen LogP contribution < -0.4 is 26.5 Å². The van der Waals surface area contributed by atoms with Gasteiger partial charge in [0.15, 0.2) is 14.3 Å². The molecule has 1 unspecified atom stereocenters. The SMILES string of the molecule is O=P(C1=CC=CCC1)(c1ccccc1)c1ccc2sc3ccc(P(=O)(c4ccccc4)c4ccccc4)cc3c2c1. The van der Waals surface area contributed by atoms with Gasteiger partial charge in [-0.1, -0.05) is 109 Å². The molecule has 6 aromatic rings. The molecule has 2 nitrogen and oxygen atoms in total. The summed E-state index contributed by atoms with van der Waals surface area (Å²) in [6.45, 7) is 0. The van der Waals surface area contributed by atoms with E-state index in [1.165, 1.54) is 0 Å². The van der Waals surface area contributed by atoms with E-state index >= 15 is 9.13 Å². The Morgan fingerprint density at radius 1 is 0.512 bits per heavy atom. The Balaban J connectivity index is 1.46. The van der Waals surface area contributed by atoms with Gasteiger partial charge in [0.05, 0.1) is 0 Å². The van der Waals surface area contributed by atoms with E-state index in [9.17, 15) is 0 Å². The lowest BCUT2D eigenvalue weighted by atomic mass is 10.1. The summed E-state index contributed by atoms with van der Waals surface area (Å²) >= 11 is 1.72. The van der Waals surface area contributed by atoms with Crippen LogP contribution in [-0.4, -0.2) is 0 Å². The summed E-state index contributed by atoms with van der Waals surface area (Å²) in [5.74, 6) is 0. The zero-order valence-corrected chi connectivity index (χ0v) is 25.0. The summed E-state index contributed by atoms with van der Waals surface area (Å²) in [5, 5.41) is 7.24. The molecule has 0 radical (unpaired) electrons. The molecule has 0 bridgehead atoms. The fraction of sp³-hybridized carbons (Fsp3) is 0.0556. The summed E-state index contributed by atoms with van der Waals surface area (Å²) < 4.78 is 32.5. The highest BCUT2D eigenvalue weighted by Crippen LogP contribution is 2.55. The predicted molar refractivity (Wildman–Crippen MR) is 178 cm³/mol. The molecule has 0 N–H and O–H groups in total. The minimum absolute atomic E-state index is 0.784. The Kier molecular flexibility index (Phi) is 6.76. The van der Waals surface area contributed by atoms with E-state index in [1.807, 2.05) is 115 Å². The number of thiophene rings is 1. The Bertz CT molecular complexity index is 2000. The van der Waals surface area contributed by atoms with E-state index in [0.29, 0.717) is 0 Å². The molecule has 5 aromatic carbocycles. The highest BCUT2D eigenvalue weighted by molar-refractivity contribution is 7.85. The number of hydrogen-bond acceptors (Lipinski definition) is 3. The van der Waals surface area contributed by atoms with E-state index in [4.69, 9.17) is 0 Å². The number of rotatable bonds is 6. The lowest BCUT2D eigenvalue weighted by Crippen LogP contribution is -2.24. The van der Waals surface area contributed by atoms with Gasteiger partial charge in [0.1, 0.15) is 0 Å². The molecule has 1 aliphatic rings. The average Bonchev–Trinajstić information content (AvgIpc) is 3.43. The quantitative estimate of drug-likeness (QED) is 0.184. The van der Waals surface area contributed by atoms with E-state index in [0.717, 1.165) is 64.9 Å². The summed E-state index contributed by atoms with van der Waals surface area (Å²) in [6, 6.07) is 42.0. The number of allylic oxidation sites excluding steroid dienone is 4. The first-order valence-corrected chi connectivity index (χ1v) is 18.0. The van der Waals surface area contributed by atoms with Crippen molar-refractivity contribution in [2.24, 2.45) is 0 Å². The van der Waals surface area contributed by atoms with Gasteiger partial charge in [-0.2, -0.15) is 0 Å². The lowest BCUT2D eigenvalue weighted by molar-refractivity contribution is 0.589. The predicted octanol–water partition coefficient (Wildman–Crippen LogP) is 8.24. The van der Waals surface area contributed by atoms with Gasteiger partial charge >= 0.3 is 0 Å². The summed E-state index contributed by atoms with van der Waals surface area (Å²) in [6.07, 6.45) is 7.88. The van der Waals surface area contributed by atoms with Crippen molar-refractivity contribution in [3.63, 3.8) is 0 Å². The highest BCUT2D eigenvalue weighted by Gasteiger charge is 2.33. The van der Waals surface area contributed by atoms with Crippen LogP contribution in [0.15, 0.2) is 151 Å². The second kappa shape index (κ2) is 10.6. The van der Waals surface area contributed by atoms with Gasteiger partial charge in [-0.3, -0.25) is 0 Å². The van der Waals surface area contributed by atoms with Gasteiger partial charge in [-0.05, 0) is 54.6 Å². The van der Waals surface area contributed by atoms with Crippen LogP contribution in [0.4, 0.5) is 0 Å². The minimum Gasteiger partial charge on any atom is -0.309 e. The molecule has 41 heavy (non-hydrogen) atoms. The van der Waals surface area contributed by atoms with Crippen LogP contribution in [0.2, 0.25) is 0 Å². The third-order valence-corrected chi connectivity index (χ3v) is 15.3. The maximum absolute atomic E-state index is 15.1. The molecule has 0 amide bonds. The first-order valence-electron chi connectivity index (χ1n) is 13.8. The Labute approximate surface area is 244 Å². The van der Waals surface area contributed by atoms with Gasteiger partial charge in [-0.15, -0.1) is 11.3 Å². The van der Waals surface area contributed by atoms with Gasteiger partial charge in [-0.25, -0.2) is 0 Å². The van der Waals surface area contributed by atoms with E-state index in [2.05, 4.69) is 30.3 Å². The van der Waals surface area contributed by atoms with E-state index in [-0.39, 0.29) is 0 Å². The van der Waals surface area contributed by atoms with Crippen molar-refractivity contribution in [3.05, 3.63) is 151 Å². The van der Waals surface area contributed by atoms with Gasteiger partial charge < -0.3 is 9.13 Å². The Morgan fingerprint density at radius 3 is 1.44 bits per heavy atom. The third kappa shape index (κ3) is 4.41. The topological polar surface area (TPSA) is 34.1 Å². The van der Waals surface area contributed by atoms with Crippen LogP contribution >= 0.6 is 25.6 Å². The van der Waals surface area contributed by atoms with Crippen LogP contribution in [-0.2, 0) is 9.13 Å². The molecule has 0 fully saturated rings. The van der Waals surface area contributed by atoms with Crippen LogP contribution in [0, 0.1) is 0 Å². The van der Waals surface area contributed by atoms with Crippen LogP contribution in [0.3, 0.4) is 0 Å². The number of fused-ring (bicyclic) bond motifs is 3. The Morgan fingerprint density at radius 2 is 0.976 bits per heavy atom. The zero-order chi connectivity index (χ0) is 27.9. The average molecular weight is 587 g/mol. The lowest BCUT2D eigenvalue weighted by Gasteiger charge is -2.24. The molecule has 1 atom stereocenters. The molecule has 0 aliphatic heterocycles. The first-order chi connectivity index (χ1) is 20.1. The molecule has 1 heterocycles. The van der Waals surface area contributed by atoms with Crippen molar-refractivity contribution in [3.8, 4) is 0 Å². The minimum atomic E-state index is -3.12. The molecule has 5 heteroatoms. The second-order valence-corrected chi connectivity index (χ2v) is 17.0. The maximum atomic E-state index is 15.1. The van der Waals surface area contributed by atoms with Gasteiger partial charge in [0.25, 0.3) is 0 Å². The molecular formula is C36H28O2P2S. The summed E-state index contributed by atoms with van der Waals surface area (Å²) in [4.78, 5) is 0. The zero-order valence-electron chi connectivity index (χ0n) is 22.4. The van der Waals surface area contributed by atoms with Crippen molar-refractivity contribution in [2.45, 2.75) is 12.8 Å². The smallest absolute Gasteiger partial charge is 0.171 e. The van der Waals surface area contributed by atoms with Crippen molar-refractivity contribution in [1.82, 2.24) is 0 Å². The van der Waals surface area contributed by atoms with Crippen molar-refractivity contribution in [2.75, 3.05) is 0 Å². The summed E-state index contributed by atoms with van der Waals surface area (Å²) in [5.41, 5.74) is 0. The normalized spacial score (nSPS) is 15.1. The standard InChI is InChI=1S/C36H28O2P2S/c37-39(27-13-5-1-6-14-27,28-15-7-2-8-16-28)31-21-23-35-33(25-31)34-26-32(22-24-36(34)41-35)40(38,29-17-9-3-10-18-29)30-19-11-4-12-20-30/h1-11,13-19,21-26H,12,20H2. The molecule has 0 spiro atoms. The number of hydrogen-bond donors (Lipinski definition) is 0. The van der Waals surface area contributed by atoms with E-state index in [1.54, 1.807) is 11.3 Å². The largest absolute Gasteiger partial charge is 0.309 e. The molecule has 1 aliphatic carbocycles. The maximum Gasteiger partial charge on any atom is 0.171 e. The first kappa shape index (κ1) is 26.2. The molecule has 200 valence electrons. The van der Waals surface area contributed by atoms with Gasteiger partial charge in [0.2, 0.25) is 0 Å². The fourth-order valence-electron chi connectivity index (χ4n) is 5.84. The van der Waals surface area contributed by atoms with Crippen LogP contribution in [0.5, 0.6) is 0 Å². The summed E-state index contributed by atoms with van der Waals surface area (Å²) in [7, 11) is -6.15. The second-order valence-electron chi connectivity index (χ2n) is 10.3. The van der Waals surface area contributed by atoms with Crippen molar-refractivity contribution in [1.29, 1.82) is 0 Å². The monoisotopic (exact) mass is 586 g/mol. The third-order valence-electron chi connectivity index (χ3n) is 7.92. The van der Waals surface area contributed by atoms with Crippen molar-refractivity contribution >= 4 is 72.3 Å². The molecule has 7 rings (SSSR count). The van der Waals surface area contributed by atoms with Gasteiger partial charge in [0, 0.05) is 46.7 Å². The Hall–Kier alpha value is -3.74. The van der Waals surface area contributed by atoms with Crippen molar-refractivity contribution < 1.29 is 9.13 Å². The van der Waals surface area contributed by atoms with E-state index < -0.39 is 14.3 Å². The molecule has 0 saturated heterocycles. The number of benzene rings is 5. The van der Waals surface area contributed by atoms with Crippen LogP contribution in [0.1, 0.15) is 12.8 Å². The molecule has 1 aromatic heterocycles. The van der Waals surface area contributed by atoms with Crippen LogP contribution in [0.25, 0.3) is 20.2 Å². The highest BCUT2D eigenvalue weighted by atomic mass is 32.1. The molecular weight excluding hydrogens is 558 g/mol. The molecule has 0 saturated carbocycles.